The Kier molecular flexibility index (Phi) is 5.28. The first kappa shape index (κ1) is 19.4. The van der Waals surface area contributed by atoms with Crippen molar-refractivity contribution in [2.24, 2.45) is 5.92 Å². The Labute approximate surface area is 185 Å². The van der Waals surface area contributed by atoms with E-state index in [9.17, 15) is 9.59 Å². The first-order chi connectivity index (χ1) is 14.1. The molecule has 0 saturated heterocycles. The van der Waals surface area contributed by atoms with Crippen LogP contribution in [-0.2, 0) is 22.6 Å². The predicted molar refractivity (Wildman–Crippen MR) is 122 cm³/mol. The molecule has 2 N–H and O–H groups in total. The van der Waals surface area contributed by atoms with Gasteiger partial charge in [0.15, 0.2) is 0 Å². The summed E-state index contributed by atoms with van der Waals surface area (Å²) >= 11 is 6.86. The van der Waals surface area contributed by atoms with Gasteiger partial charge in [0.05, 0.1) is 10.2 Å². The van der Waals surface area contributed by atoms with Crippen molar-refractivity contribution in [2.45, 2.75) is 38.6 Å². The molecule has 1 amide bonds. The van der Waals surface area contributed by atoms with Crippen molar-refractivity contribution in [3.05, 3.63) is 33.1 Å². The Bertz CT molecular complexity index is 1110. The van der Waals surface area contributed by atoms with Crippen LogP contribution in [0.5, 0.6) is 0 Å². The maximum Gasteiger partial charge on any atom is 0.228 e. The highest BCUT2D eigenvalue weighted by molar-refractivity contribution is 9.10. The van der Waals surface area contributed by atoms with E-state index < -0.39 is 0 Å². The number of Topliss-reactive ketones (excluding diaryl/α,β-unsaturated/α-hetero) is 1. The van der Waals surface area contributed by atoms with Crippen LogP contribution in [0.4, 0.5) is 5.00 Å². The van der Waals surface area contributed by atoms with Gasteiger partial charge in [-0.15, -0.1) is 22.7 Å². The average Bonchev–Trinajstić information content (AvgIpc) is 3.28. The number of benzene rings is 1. The van der Waals surface area contributed by atoms with E-state index in [-0.39, 0.29) is 17.6 Å². The van der Waals surface area contributed by atoms with Crippen LogP contribution in [0.3, 0.4) is 0 Å². The zero-order valence-electron chi connectivity index (χ0n) is 15.7. The van der Waals surface area contributed by atoms with Gasteiger partial charge < -0.3 is 10.6 Å². The molecule has 150 valence electrons. The Morgan fingerprint density at radius 2 is 2.03 bits per heavy atom. The fourth-order valence-corrected chi connectivity index (χ4v) is 6.95. The number of amides is 1. The summed E-state index contributed by atoms with van der Waals surface area (Å²) in [6.07, 6.45) is 3.28. The van der Waals surface area contributed by atoms with Gasteiger partial charge in [0, 0.05) is 40.2 Å². The highest BCUT2D eigenvalue weighted by Crippen LogP contribution is 2.45. The van der Waals surface area contributed by atoms with Crippen LogP contribution >= 0.6 is 38.6 Å². The molecule has 1 aromatic carbocycles. The number of thiophene rings is 1. The molecule has 5 nitrogen and oxygen atoms in total. The molecule has 3 aromatic rings. The lowest BCUT2D eigenvalue weighted by molar-refractivity contribution is -0.125. The van der Waals surface area contributed by atoms with E-state index in [0.29, 0.717) is 25.7 Å². The van der Waals surface area contributed by atoms with E-state index in [0.717, 1.165) is 49.8 Å². The standard InChI is InChI=1S/C21H20BrN3O2S2/c22-12-3-6-15-16(9-12)28-20(24-15)18-14-7-8-23-10-17(14)29-21(18)25-19(27)11-1-4-13(26)5-2-11/h3,6,9,11,23H,1-2,4-5,7-8,10H2,(H,25,27). The van der Waals surface area contributed by atoms with Gasteiger partial charge in [-0.2, -0.15) is 0 Å². The number of aromatic nitrogens is 1. The third-order valence-electron chi connectivity index (χ3n) is 5.64. The molecule has 2 aliphatic rings. The molecule has 0 unspecified atom stereocenters. The summed E-state index contributed by atoms with van der Waals surface area (Å²) in [5.41, 5.74) is 3.37. The van der Waals surface area contributed by atoms with Crippen molar-refractivity contribution in [2.75, 3.05) is 11.9 Å². The molecule has 1 aliphatic carbocycles. The lowest BCUT2D eigenvalue weighted by Gasteiger charge is -2.20. The number of carbonyl (C=O) groups is 2. The van der Waals surface area contributed by atoms with Gasteiger partial charge in [-0.05, 0) is 49.6 Å². The molecule has 29 heavy (non-hydrogen) atoms. The summed E-state index contributed by atoms with van der Waals surface area (Å²) in [7, 11) is 0. The number of hydrogen-bond acceptors (Lipinski definition) is 6. The van der Waals surface area contributed by atoms with Crippen molar-refractivity contribution in [3.8, 4) is 10.6 Å². The van der Waals surface area contributed by atoms with Gasteiger partial charge in [-0.3, -0.25) is 9.59 Å². The average molecular weight is 490 g/mol. The fourth-order valence-electron chi connectivity index (χ4n) is 4.07. The minimum Gasteiger partial charge on any atom is -0.317 e. The third-order valence-corrected chi connectivity index (χ3v) is 8.32. The van der Waals surface area contributed by atoms with Crippen LogP contribution in [0.2, 0.25) is 0 Å². The molecule has 5 rings (SSSR count). The van der Waals surface area contributed by atoms with Crippen molar-refractivity contribution in [1.29, 1.82) is 0 Å². The Morgan fingerprint density at radius 1 is 1.21 bits per heavy atom. The van der Waals surface area contributed by atoms with Crippen LogP contribution in [0, 0.1) is 5.92 Å². The Hall–Kier alpha value is -1.61. The summed E-state index contributed by atoms with van der Waals surface area (Å²) in [6, 6.07) is 6.12. The Morgan fingerprint density at radius 3 is 2.86 bits per heavy atom. The van der Waals surface area contributed by atoms with E-state index >= 15 is 0 Å². The van der Waals surface area contributed by atoms with E-state index in [1.54, 1.807) is 22.7 Å². The second-order valence-corrected chi connectivity index (χ2v) is 10.6. The highest BCUT2D eigenvalue weighted by Gasteiger charge is 2.29. The van der Waals surface area contributed by atoms with Crippen LogP contribution < -0.4 is 10.6 Å². The fraction of sp³-hybridized carbons (Fsp3) is 0.381. The maximum absolute atomic E-state index is 12.9. The summed E-state index contributed by atoms with van der Waals surface area (Å²) in [4.78, 5) is 30.6. The first-order valence-corrected chi connectivity index (χ1v) is 12.3. The van der Waals surface area contributed by atoms with E-state index in [4.69, 9.17) is 4.98 Å². The van der Waals surface area contributed by atoms with Crippen molar-refractivity contribution >= 4 is 65.5 Å². The second-order valence-electron chi connectivity index (χ2n) is 7.57. The number of ketones is 1. The molecule has 8 heteroatoms. The summed E-state index contributed by atoms with van der Waals surface area (Å²) < 4.78 is 2.17. The summed E-state index contributed by atoms with van der Waals surface area (Å²) in [5, 5.41) is 8.50. The molecule has 1 fully saturated rings. The van der Waals surface area contributed by atoms with E-state index in [1.807, 2.05) is 12.1 Å². The number of nitrogens with one attached hydrogen (secondary N) is 2. The SMILES string of the molecule is O=C1CCC(C(=O)Nc2sc3c(c2-c2nc4ccc(Br)cc4s2)CCNC3)CC1. The highest BCUT2D eigenvalue weighted by atomic mass is 79.9. The molecule has 0 bridgehead atoms. The number of anilines is 1. The number of carbonyl (C=O) groups excluding carboxylic acids is 2. The first-order valence-electron chi connectivity index (χ1n) is 9.83. The number of fused-ring (bicyclic) bond motifs is 2. The molecule has 0 spiro atoms. The lowest BCUT2D eigenvalue weighted by atomic mass is 9.88. The summed E-state index contributed by atoms with van der Waals surface area (Å²) in [5.74, 6) is 0.228. The number of hydrogen-bond donors (Lipinski definition) is 2. The minimum atomic E-state index is -0.0795. The molecule has 2 aromatic heterocycles. The lowest BCUT2D eigenvalue weighted by Crippen LogP contribution is -2.27. The monoisotopic (exact) mass is 489 g/mol. The normalized spacial score (nSPS) is 17.5. The van der Waals surface area contributed by atoms with Gasteiger partial charge in [0.2, 0.25) is 5.91 Å². The van der Waals surface area contributed by atoms with Crippen LogP contribution in [0.25, 0.3) is 20.8 Å². The van der Waals surface area contributed by atoms with Crippen LogP contribution in [0.1, 0.15) is 36.1 Å². The third kappa shape index (κ3) is 3.79. The van der Waals surface area contributed by atoms with Crippen molar-refractivity contribution in [3.63, 3.8) is 0 Å². The molecule has 0 radical (unpaired) electrons. The van der Waals surface area contributed by atoms with Gasteiger partial charge in [0.1, 0.15) is 15.8 Å². The second kappa shape index (κ2) is 7.91. The predicted octanol–water partition coefficient (Wildman–Crippen LogP) is 5.13. The van der Waals surface area contributed by atoms with Gasteiger partial charge >= 0.3 is 0 Å². The van der Waals surface area contributed by atoms with E-state index in [2.05, 4.69) is 32.6 Å². The molecule has 1 saturated carbocycles. The van der Waals surface area contributed by atoms with Gasteiger partial charge in [-0.25, -0.2) is 4.98 Å². The molecule has 1 aliphatic heterocycles. The summed E-state index contributed by atoms with van der Waals surface area (Å²) in [6.45, 7) is 1.77. The Balaban J connectivity index is 1.52. The van der Waals surface area contributed by atoms with Crippen molar-refractivity contribution < 1.29 is 9.59 Å². The molecular formula is C21H20BrN3O2S2. The number of nitrogens with zero attached hydrogens (tertiary/aromatic N) is 1. The molecular weight excluding hydrogens is 470 g/mol. The topological polar surface area (TPSA) is 71.1 Å². The van der Waals surface area contributed by atoms with Gasteiger partial charge in [0.25, 0.3) is 0 Å². The minimum absolute atomic E-state index is 0.0363. The van der Waals surface area contributed by atoms with E-state index in [1.165, 1.54) is 10.4 Å². The quantitative estimate of drug-likeness (QED) is 0.534. The smallest absolute Gasteiger partial charge is 0.228 e. The number of rotatable bonds is 3. The van der Waals surface area contributed by atoms with Gasteiger partial charge in [-0.1, -0.05) is 15.9 Å². The van der Waals surface area contributed by atoms with Crippen LogP contribution in [0.15, 0.2) is 22.7 Å². The number of halogens is 1. The number of thiazole rings is 1. The molecule has 3 heterocycles. The van der Waals surface area contributed by atoms with Crippen molar-refractivity contribution in [1.82, 2.24) is 10.3 Å². The zero-order chi connectivity index (χ0) is 20.0. The zero-order valence-corrected chi connectivity index (χ0v) is 18.9. The molecule has 0 atom stereocenters. The maximum atomic E-state index is 12.9. The van der Waals surface area contributed by atoms with Crippen LogP contribution in [-0.4, -0.2) is 23.2 Å². The largest absolute Gasteiger partial charge is 0.317 e.